The highest BCUT2D eigenvalue weighted by Gasteiger charge is 2.41. The first-order chi connectivity index (χ1) is 9.94. The summed E-state index contributed by atoms with van der Waals surface area (Å²) in [4.78, 5) is 15.5. The van der Waals surface area contributed by atoms with Gasteiger partial charge in [0.25, 0.3) is 0 Å². The van der Waals surface area contributed by atoms with Gasteiger partial charge in [-0.15, -0.1) is 0 Å². The highest BCUT2D eigenvalue weighted by Crippen LogP contribution is 2.35. The monoisotopic (exact) mass is 294 g/mol. The van der Waals surface area contributed by atoms with Crippen molar-refractivity contribution >= 4 is 5.97 Å². The van der Waals surface area contributed by atoms with Crippen molar-refractivity contribution in [1.82, 2.24) is 0 Å². The van der Waals surface area contributed by atoms with E-state index in [1.807, 2.05) is 38.1 Å². The number of benzene rings is 1. The fourth-order valence-corrected chi connectivity index (χ4v) is 2.35. The summed E-state index contributed by atoms with van der Waals surface area (Å²) < 4.78 is 10.4. The summed E-state index contributed by atoms with van der Waals surface area (Å²) in [5.74, 6) is -0.299. The second kappa shape index (κ2) is 6.56. The van der Waals surface area contributed by atoms with Gasteiger partial charge in [-0.2, -0.15) is 0 Å². The molecule has 5 nitrogen and oxygen atoms in total. The van der Waals surface area contributed by atoms with E-state index >= 15 is 0 Å². The quantitative estimate of drug-likeness (QED) is 0.362. The van der Waals surface area contributed by atoms with Gasteiger partial charge in [0.2, 0.25) is 0 Å². The third kappa shape index (κ3) is 4.27. The van der Waals surface area contributed by atoms with Crippen LogP contribution in [0.5, 0.6) is 0 Å². The molecule has 1 fully saturated rings. The lowest BCUT2D eigenvalue weighted by Gasteiger charge is -2.26. The number of hydrogen-bond donors (Lipinski definition) is 1. The molecule has 21 heavy (non-hydrogen) atoms. The summed E-state index contributed by atoms with van der Waals surface area (Å²) in [6.45, 7) is 5.53. The van der Waals surface area contributed by atoms with Gasteiger partial charge in [-0.05, 0) is 32.3 Å². The molecule has 1 unspecified atom stereocenters. The molecule has 1 N–H and O–H groups in total. The number of epoxide rings is 1. The molecule has 2 rings (SSSR count). The van der Waals surface area contributed by atoms with Crippen LogP contribution in [0.4, 0.5) is 0 Å². The van der Waals surface area contributed by atoms with Crippen LogP contribution < -0.4 is 0 Å². The van der Waals surface area contributed by atoms with Gasteiger partial charge in [0, 0.05) is 6.92 Å². The third-order valence-electron chi connectivity index (χ3n) is 3.91. The van der Waals surface area contributed by atoms with Crippen molar-refractivity contribution in [3.8, 4) is 0 Å². The minimum absolute atomic E-state index is 0.0325. The van der Waals surface area contributed by atoms with Crippen LogP contribution in [0, 0.1) is 6.92 Å². The number of ether oxygens (including phenoxy) is 2. The first-order valence-corrected chi connectivity index (χ1v) is 7.13. The minimum Gasteiger partial charge on any atom is -0.463 e. The Balaban J connectivity index is 1.85. The predicted molar refractivity (Wildman–Crippen MR) is 76.8 cm³/mol. The molecule has 1 aromatic carbocycles. The third-order valence-corrected chi connectivity index (χ3v) is 3.91. The van der Waals surface area contributed by atoms with Crippen LogP contribution in [0.3, 0.4) is 0 Å². The van der Waals surface area contributed by atoms with Crippen molar-refractivity contribution in [3.63, 3.8) is 0 Å². The Labute approximate surface area is 124 Å². The van der Waals surface area contributed by atoms with Crippen molar-refractivity contribution < 1.29 is 24.4 Å². The van der Waals surface area contributed by atoms with E-state index in [1.165, 1.54) is 6.92 Å². The van der Waals surface area contributed by atoms with Crippen molar-refractivity contribution in [1.29, 1.82) is 0 Å². The van der Waals surface area contributed by atoms with Gasteiger partial charge < -0.3 is 9.47 Å². The number of rotatable bonds is 7. The van der Waals surface area contributed by atoms with E-state index in [1.54, 1.807) is 0 Å². The lowest BCUT2D eigenvalue weighted by atomic mass is 9.89. The second-order valence-corrected chi connectivity index (χ2v) is 5.74. The molecule has 0 aromatic heterocycles. The van der Waals surface area contributed by atoms with E-state index in [0.29, 0.717) is 13.0 Å². The van der Waals surface area contributed by atoms with Crippen LogP contribution in [0.15, 0.2) is 24.3 Å². The first kappa shape index (κ1) is 15.9. The van der Waals surface area contributed by atoms with Gasteiger partial charge in [-0.1, -0.05) is 29.8 Å². The zero-order chi connectivity index (χ0) is 15.5. The Hall–Kier alpha value is -1.43. The molecule has 1 saturated heterocycles. The summed E-state index contributed by atoms with van der Waals surface area (Å²) >= 11 is 0. The SMILES string of the molecule is CC(=O)OC[C@@H]1O[C@H]1CCC(C)(OO)c1ccc(C)cc1. The number of esters is 1. The van der Waals surface area contributed by atoms with Crippen LogP contribution >= 0.6 is 0 Å². The second-order valence-electron chi connectivity index (χ2n) is 5.74. The van der Waals surface area contributed by atoms with Crippen LogP contribution in [0.2, 0.25) is 0 Å². The molecule has 1 aliphatic rings. The van der Waals surface area contributed by atoms with Gasteiger partial charge in [-0.3, -0.25) is 10.1 Å². The summed E-state index contributed by atoms with van der Waals surface area (Å²) in [5.41, 5.74) is 1.32. The van der Waals surface area contributed by atoms with E-state index in [4.69, 9.17) is 14.4 Å². The Bertz CT molecular complexity index is 484. The molecule has 0 bridgehead atoms. The van der Waals surface area contributed by atoms with Crippen molar-refractivity contribution in [2.45, 2.75) is 51.4 Å². The molecule has 0 radical (unpaired) electrons. The largest absolute Gasteiger partial charge is 0.463 e. The van der Waals surface area contributed by atoms with Crippen molar-refractivity contribution in [3.05, 3.63) is 35.4 Å². The number of aryl methyl sites for hydroxylation is 1. The van der Waals surface area contributed by atoms with Gasteiger partial charge >= 0.3 is 5.97 Å². The topological polar surface area (TPSA) is 68.3 Å². The molecule has 0 spiro atoms. The molecule has 1 heterocycles. The summed E-state index contributed by atoms with van der Waals surface area (Å²) in [7, 11) is 0. The van der Waals surface area contributed by atoms with Gasteiger partial charge in [0.15, 0.2) is 0 Å². The van der Waals surface area contributed by atoms with E-state index in [2.05, 4.69) is 0 Å². The zero-order valence-electron chi connectivity index (χ0n) is 12.7. The molecule has 1 aliphatic heterocycles. The first-order valence-electron chi connectivity index (χ1n) is 7.13. The lowest BCUT2D eigenvalue weighted by molar-refractivity contribution is -0.326. The Morgan fingerprint density at radius 3 is 2.57 bits per heavy atom. The fourth-order valence-electron chi connectivity index (χ4n) is 2.35. The zero-order valence-corrected chi connectivity index (χ0v) is 12.7. The molecular formula is C16H22O5. The van der Waals surface area contributed by atoms with E-state index in [-0.39, 0.29) is 18.2 Å². The summed E-state index contributed by atoms with van der Waals surface area (Å²) in [5, 5.41) is 9.27. The Morgan fingerprint density at radius 1 is 1.33 bits per heavy atom. The smallest absolute Gasteiger partial charge is 0.302 e. The molecular weight excluding hydrogens is 272 g/mol. The predicted octanol–water partition coefficient (Wildman–Crippen LogP) is 2.81. The van der Waals surface area contributed by atoms with Crippen LogP contribution in [-0.2, 0) is 24.8 Å². The standard InChI is InChI=1S/C16H22O5/c1-11-4-6-13(7-5-11)16(3,21-18)9-8-14-15(20-14)10-19-12(2)17/h4-7,14-15,18H,8-10H2,1-3H3/t14-,15-,16?/m0/s1. The van der Waals surface area contributed by atoms with E-state index < -0.39 is 5.60 Å². The summed E-state index contributed by atoms with van der Waals surface area (Å²) in [6.07, 6.45) is 1.38. The lowest BCUT2D eigenvalue weighted by Crippen LogP contribution is -2.25. The molecule has 0 amide bonds. The van der Waals surface area contributed by atoms with Crippen LogP contribution in [0.1, 0.15) is 37.8 Å². The normalized spacial score (nSPS) is 23.4. The molecule has 0 aliphatic carbocycles. The molecule has 5 heteroatoms. The maximum absolute atomic E-state index is 10.7. The van der Waals surface area contributed by atoms with Crippen molar-refractivity contribution in [2.24, 2.45) is 0 Å². The van der Waals surface area contributed by atoms with Crippen LogP contribution in [-0.4, -0.2) is 30.0 Å². The highest BCUT2D eigenvalue weighted by atomic mass is 17.1. The van der Waals surface area contributed by atoms with Crippen molar-refractivity contribution in [2.75, 3.05) is 6.61 Å². The fraction of sp³-hybridized carbons (Fsp3) is 0.562. The molecule has 3 atom stereocenters. The summed E-state index contributed by atoms with van der Waals surface area (Å²) in [6, 6.07) is 7.89. The average Bonchev–Trinajstić information content (AvgIpc) is 3.22. The Kier molecular flexibility index (Phi) is 4.98. The number of hydrogen-bond acceptors (Lipinski definition) is 5. The molecule has 0 saturated carbocycles. The number of carbonyl (C=O) groups is 1. The van der Waals surface area contributed by atoms with E-state index in [0.717, 1.165) is 17.5 Å². The highest BCUT2D eigenvalue weighted by molar-refractivity contribution is 5.65. The minimum atomic E-state index is -0.758. The molecule has 116 valence electrons. The van der Waals surface area contributed by atoms with Crippen LogP contribution in [0.25, 0.3) is 0 Å². The van der Waals surface area contributed by atoms with Gasteiger partial charge in [0.1, 0.15) is 18.3 Å². The van der Waals surface area contributed by atoms with E-state index in [9.17, 15) is 10.1 Å². The maximum atomic E-state index is 10.7. The van der Waals surface area contributed by atoms with Gasteiger partial charge in [-0.25, -0.2) is 4.89 Å². The maximum Gasteiger partial charge on any atom is 0.302 e. The average molecular weight is 294 g/mol. The van der Waals surface area contributed by atoms with Gasteiger partial charge in [0.05, 0.1) is 6.10 Å². The Morgan fingerprint density at radius 2 is 2.00 bits per heavy atom. The number of carbonyl (C=O) groups excluding carboxylic acids is 1. The molecule has 1 aromatic rings.